The van der Waals surface area contributed by atoms with Gasteiger partial charge in [0.1, 0.15) is 12.7 Å². The van der Waals surface area contributed by atoms with E-state index in [4.69, 9.17) is 15.9 Å². The quantitative estimate of drug-likeness (QED) is 0.271. The molecule has 0 aromatic heterocycles. The zero-order valence-electron chi connectivity index (χ0n) is 6.13. The summed E-state index contributed by atoms with van der Waals surface area (Å²) in [7, 11) is 0. The molecule has 0 saturated carbocycles. The molecule has 1 aliphatic rings. The largest absolute Gasteiger partial charge is 0.366 e. The molecule has 1 aliphatic heterocycles. The van der Waals surface area contributed by atoms with Crippen molar-refractivity contribution in [2.45, 2.75) is 13.0 Å². The molecule has 4 heteroatoms. The molecule has 0 aromatic carbocycles. The molecule has 0 bridgehead atoms. The zero-order valence-corrected chi connectivity index (χ0v) is 6.13. The normalized spacial score (nSPS) is 28.3. The highest BCUT2D eigenvalue weighted by Gasteiger charge is 2.27. The van der Waals surface area contributed by atoms with Crippen LogP contribution < -0.4 is 10.6 Å². The second-order valence-corrected chi connectivity index (χ2v) is 2.51. The Balaban J connectivity index is 2.39. The minimum atomic E-state index is 0.148. The van der Waals surface area contributed by atoms with Gasteiger partial charge in [-0.1, -0.05) is 4.90 Å². The van der Waals surface area contributed by atoms with Crippen molar-refractivity contribution < 1.29 is 4.74 Å². The fraction of sp³-hybridized carbons (Fsp3) is 0.833. The van der Waals surface area contributed by atoms with Crippen molar-refractivity contribution in [1.82, 2.24) is 4.90 Å². The fourth-order valence-electron chi connectivity index (χ4n) is 1.04. The Labute approximate surface area is 60.5 Å². The van der Waals surface area contributed by atoms with Gasteiger partial charge in [-0.25, -0.2) is 5.41 Å². The lowest BCUT2D eigenvalue weighted by atomic mass is 10.3. The van der Waals surface area contributed by atoms with E-state index < -0.39 is 0 Å². The second kappa shape index (κ2) is 2.98. The van der Waals surface area contributed by atoms with Crippen LogP contribution in [0.2, 0.25) is 0 Å². The first-order valence-corrected chi connectivity index (χ1v) is 3.40. The number of nitrogens with zero attached hydrogens (tertiary/aromatic N) is 1. The Kier molecular flexibility index (Phi) is 2.24. The highest BCUT2D eigenvalue weighted by atomic mass is 16.5. The van der Waals surface area contributed by atoms with Crippen molar-refractivity contribution in [2.75, 3.05) is 19.7 Å². The van der Waals surface area contributed by atoms with Crippen LogP contribution >= 0.6 is 0 Å². The Hall–Kier alpha value is -0.610. The molecular weight excluding hydrogens is 130 g/mol. The standard InChI is InChI=1S/C6H13N3O/c1-5-4-9(6(7)8)2-3-10-5/h5H,2-4H2,1H3,(H3,7,8)/q+1. The molecule has 0 aliphatic carbocycles. The van der Waals surface area contributed by atoms with Gasteiger partial charge >= 0.3 is 5.96 Å². The third kappa shape index (κ3) is 1.68. The minimum absolute atomic E-state index is 0.148. The van der Waals surface area contributed by atoms with E-state index in [2.05, 4.69) is 0 Å². The van der Waals surface area contributed by atoms with Gasteiger partial charge in [-0.2, -0.15) is 0 Å². The Morgan fingerprint density at radius 3 is 2.90 bits per heavy atom. The van der Waals surface area contributed by atoms with Crippen molar-refractivity contribution in [3.8, 4) is 0 Å². The van der Waals surface area contributed by atoms with Gasteiger partial charge in [0.05, 0.1) is 0 Å². The lowest BCUT2D eigenvalue weighted by Gasteiger charge is -2.20. The lowest BCUT2D eigenvalue weighted by Crippen LogP contribution is -2.51. The summed E-state index contributed by atoms with van der Waals surface area (Å²) in [5.41, 5.74) is 5.28. The molecule has 3 N–H and O–H groups in total. The van der Waals surface area contributed by atoms with E-state index in [1.807, 2.05) is 11.8 Å². The minimum Gasteiger partial charge on any atom is -0.366 e. The van der Waals surface area contributed by atoms with E-state index >= 15 is 0 Å². The topological polar surface area (TPSA) is 65.0 Å². The first kappa shape index (κ1) is 7.50. The number of hydrogen-bond donors (Lipinski definition) is 2. The molecule has 1 heterocycles. The number of hydrogen-bond acceptors (Lipinski definition) is 2. The SMILES string of the molecule is CC1C[N+](C(=N)N)CCO1. The average Bonchev–Trinajstić information content (AvgIpc) is 1.88. The number of rotatable bonds is 0. The maximum absolute atomic E-state index is 7.13. The van der Waals surface area contributed by atoms with Gasteiger partial charge in [0.2, 0.25) is 0 Å². The second-order valence-electron chi connectivity index (χ2n) is 2.51. The summed E-state index contributed by atoms with van der Waals surface area (Å²) in [5.74, 6) is 0.148. The Morgan fingerprint density at radius 2 is 2.50 bits per heavy atom. The molecule has 1 saturated heterocycles. The van der Waals surface area contributed by atoms with Crippen LogP contribution in [0.15, 0.2) is 0 Å². The number of nitrogens with two attached hydrogens (primary N) is 1. The molecule has 1 fully saturated rings. The molecule has 10 heavy (non-hydrogen) atoms. The monoisotopic (exact) mass is 143 g/mol. The maximum Gasteiger partial charge on any atom is 0.341 e. The summed E-state index contributed by atoms with van der Waals surface area (Å²) in [4.78, 5) is 1.81. The van der Waals surface area contributed by atoms with Crippen molar-refractivity contribution >= 4 is 5.96 Å². The van der Waals surface area contributed by atoms with Gasteiger partial charge in [0.25, 0.3) is 0 Å². The lowest BCUT2D eigenvalue weighted by molar-refractivity contribution is 0.0274. The summed E-state index contributed by atoms with van der Waals surface area (Å²) < 4.78 is 5.26. The molecule has 0 aromatic rings. The summed E-state index contributed by atoms with van der Waals surface area (Å²) in [6, 6.07) is 0. The van der Waals surface area contributed by atoms with Crippen LogP contribution in [0.3, 0.4) is 0 Å². The van der Waals surface area contributed by atoms with Gasteiger partial charge in [-0.3, -0.25) is 0 Å². The molecule has 1 atom stereocenters. The maximum atomic E-state index is 7.13. The van der Waals surface area contributed by atoms with Gasteiger partial charge in [0, 0.05) is 0 Å². The number of ether oxygens (including phenoxy) is 1. The van der Waals surface area contributed by atoms with Crippen molar-refractivity contribution in [3.05, 3.63) is 0 Å². The van der Waals surface area contributed by atoms with Crippen molar-refractivity contribution in [1.29, 1.82) is 5.41 Å². The van der Waals surface area contributed by atoms with Crippen LogP contribution in [0.5, 0.6) is 0 Å². The first-order valence-electron chi connectivity index (χ1n) is 3.40. The average molecular weight is 143 g/mol. The van der Waals surface area contributed by atoms with Crippen LogP contribution in [0.25, 0.3) is 0 Å². The highest BCUT2D eigenvalue weighted by molar-refractivity contribution is 5.77. The van der Waals surface area contributed by atoms with Gasteiger partial charge in [-0.05, 0) is 6.92 Å². The molecule has 4 nitrogen and oxygen atoms in total. The predicted octanol–water partition coefficient (Wildman–Crippen LogP) is -0.561. The summed E-state index contributed by atoms with van der Waals surface area (Å²) in [6.07, 6.45) is 0.206. The van der Waals surface area contributed by atoms with Gasteiger partial charge < -0.3 is 10.5 Å². The van der Waals surface area contributed by atoms with E-state index in [1.54, 1.807) is 0 Å². The number of morpholine rings is 1. The smallest absolute Gasteiger partial charge is 0.341 e. The van der Waals surface area contributed by atoms with Crippen molar-refractivity contribution in [3.63, 3.8) is 0 Å². The molecule has 57 valence electrons. The van der Waals surface area contributed by atoms with E-state index in [0.29, 0.717) is 6.61 Å². The van der Waals surface area contributed by atoms with E-state index in [0.717, 1.165) is 13.1 Å². The zero-order chi connectivity index (χ0) is 7.56. The highest BCUT2D eigenvalue weighted by Crippen LogP contribution is 1.99. The van der Waals surface area contributed by atoms with E-state index in [9.17, 15) is 0 Å². The first-order chi connectivity index (χ1) is 4.70. The Morgan fingerprint density at radius 1 is 1.80 bits per heavy atom. The van der Waals surface area contributed by atoms with E-state index in [-0.39, 0.29) is 12.1 Å². The molecule has 1 radical (unpaired) electrons. The van der Waals surface area contributed by atoms with Gasteiger partial charge in [-0.15, -0.1) is 0 Å². The number of nitrogens with one attached hydrogen (secondary N) is 1. The van der Waals surface area contributed by atoms with Crippen LogP contribution in [-0.2, 0) is 4.74 Å². The van der Waals surface area contributed by atoms with Crippen LogP contribution in [0.1, 0.15) is 6.92 Å². The molecule has 1 unspecified atom stereocenters. The molecule has 1 rings (SSSR count). The van der Waals surface area contributed by atoms with E-state index in [1.165, 1.54) is 0 Å². The fourth-order valence-corrected chi connectivity index (χ4v) is 1.04. The van der Waals surface area contributed by atoms with Crippen molar-refractivity contribution in [2.24, 2.45) is 5.73 Å². The summed E-state index contributed by atoms with van der Waals surface area (Å²) in [6.45, 7) is 4.16. The molecule has 0 spiro atoms. The summed E-state index contributed by atoms with van der Waals surface area (Å²) in [5, 5.41) is 7.13. The van der Waals surface area contributed by atoms with Crippen LogP contribution in [-0.4, -0.2) is 31.8 Å². The van der Waals surface area contributed by atoms with Gasteiger partial charge in [0.15, 0.2) is 13.1 Å². The number of guanidine groups is 1. The Bertz CT molecular complexity index is 137. The molecular formula is C6H13N3O+. The summed E-state index contributed by atoms with van der Waals surface area (Å²) >= 11 is 0. The van der Waals surface area contributed by atoms with Crippen LogP contribution in [0, 0.1) is 5.41 Å². The molecule has 0 amide bonds. The predicted molar refractivity (Wildman–Crippen MR) is 39.2 cm³/mol. The third-order valence-electron chi connectivity index (χ3n) is 1.58. The third-order valence-corrected chi connectivity index (χ3v) is 1.58. The van der Waals surface area contributed by atoms with Crippen LogP contribution in [0.4, 0.5) is 0 Å².